The fraction of sp³-hybridized carbons (Fsp3) is 0.650. The van der Waals surface area contributed by atoms with Crippen LogP contribution in [0.2, 0.25) is 0 Å². The summed E-state index contributed by atoms with van der Waals surface area (Å²) in [6.07, 6.45) is 10.8. The largest absolute Gasteiger partial charge is 0.471 e. The standard InChI is InChI=1S/C20H28F2N2O/c1-20(21,22)15-25-19-8-7-17-10-13-24(14-11-18(17)23-19)12-9-16-5-3-2-4-6-16/h7-9H,2-6,10-15H2,1H3. The predicted molar refractivity (Wildman–Crippen MR) is 95.4 cm³/mol. The van der Waals surface area contributed by atoms with Gasteiger partial charge in [0.25, 0.3) is 5.92 Å². The smallest absolute Gasteiger partial charge is 0.278 e. The minimum atomic E-state index is -2.84. The van der Waals surface area contributed by atoms with Gasteiger partial charge < -0.3 is 4.74 Å². The number of aromatic nitrogens is 1. The Kier molecular flexibility index (Phi) is 6.05. The van der Waals surface area contributed by atoms with Gasteiger partial charge in [-0.05, 0) is 37.7 Å². The molecule has 1 aromatic rings. The van der Waals surface area contributed by atoms with E-state index in [1.165, 1.54) is 37.7 Å². The number of pyridine rings is 1. The minimum Gasteiger partial charge on any atom is -0.471 e. The molecule has 0 atom stereocenters. The van der Waals surface area contributed by atoms with Crippen LogP contribution < -0.4 is 4.74 Å². The summed E-state index contributed by atoms with van der Waals surface area (Å²) in [7, 11) is 0. The second-order valence-corrected chi connectivity index (χ2v) is 7.34. The summed E-state index contributed by atoms with van der Waals surface area (Å²) in [5.41, 5.74) is 3.82. The number of hydrogen-bond donors (Lipinski definition) is 0. The van der Waals surface area contributed by atoms with Gasteiger partial charge in [-0.2, -0.15) is 0 Å². The van der Waals surface area contributed by atoms with Crippen LogP contribution in [0.3, 0.4) is 0 Å². The zero-order valence-electron chi connectivity index (χ0n) is 15.1. The molecule has 1 saturated carbocycles. The van der Waals surface area contributed by atoms with Gasteiger partial charge in [0, 0.05) is 44.7 Å². The third kappa shape index (κ3) is 5.77. The lowest BCUT2D eigenvalue weighted by atomic mass is 9.95. The quantitative estimate of drug-likeness (QED) is 0.736. The first-order valence-corrected chi connectivity index (χ1v) is 9.39. The molecule has 3 rings (SSSR count). The molecule has 0 aromatic carbocycles. The van der Waals surface area contributed by atoms with E-state index < -0.39 is 12.5 Å². The van der Waals surface area contributed by atoms with Crippen molar-refractivity contribution in [2.75, 3.05) is 26.2 Å². The van der Waals surface area contributed by atoms with E-state index in [2.05, 4.69) is 16.0 Å². The Morgan fingerprint density at radius 1 is 1.12 bits per heavy atom. The van der Waals surface area contributed by atoms with Crippen molar-refractivity contribution in [2.45, 2.75) is 57.8 Å². The van der Waals surface area contributed by atoms with Crippen LogP contribution in [-0.4, -0.2) is 42.0 Å². The molecule has 2 heterocycles. The van der Waals surface area contributed by atoms with Crippen LogP contribution in [0.4, 0.5) is 8.78 Å². The molecule has 2 aliphatic rings. The Bertz CT molecular complexity index is 602. The first kappa shape index (κ1) is 18.3. The molecule has 0 amide bonds. The summed E-state index contributed by atoms with van der Waals surface area (Å²) in [5, 5.41) is 0. The van der Waals surface area contributed by atoms with E-state index in [-0.39, 0.29) is 0 Å². The third-order valence-electron chi connectivity index (χ3n) is 5.01. The zero-order chi connectivity index (χ0) is 17.7. The highest BCUT2D eigenvalue weighted by Gasteiger charge is 2.23. The van der Waals surface area contributed by atoms with Crippen molar-refractivity contribution in [1.29, 1.82) is 0 Å². The lowest BCUT2D eigenvalue weighted by molar-refractivity contribution is -0.0243. The first-order chi connectivity index (χ1) is 12.0. The highest BCUT2D eigenvalue weighted by molar-refractivity contribution is 5.27. The first-order valence-electron chi connectivity index (χ1n) is 9.39. The molecule has 138 valence electrons. The average Bonchev–Trinajstić information content (AvgIpc) is 2.80. The molecule has 25 heavy (non-hydrogen) atoms. The van der Waals surface area contributed by atoms with Crippen LogP contribution in [0.15, 0.2) is 23.8 Å². The van der Waals surface area contributed by atoms with Gasteiger partial charge in [0.1, 0.15) is 0 Å². The molecule has 1 aliphatic heterocycles. The van der Waals surface area contributed by atoms with E-state index in [4.69, 9.17) is 4.74 Å². The summed E-state index contributed by atoms with van der Waals surface area (Å²) >= 11 is 0. The number of halogens is 2. The van der Waals surface area contributed by atoms with Crippen molar-refractivity contribution in [2.24, 2.45) is 0 Å². The Morgan fingerprint density at radius 3 is 2.64 bits per heavy atom. The second-order valence-electron chi connectivity index (χ2n) is 7.34. The Hall–Kier alpha value is -1.49. The maximum absolute atomic E-state index is 12.9. The zero-order valence-corrected chi connectivity index (χ0v) is 15.1. The molecule has 0 unspecified atom stereocenters. The minimum absolute atomic E-state index is 0.304. The number of ether oxygens (including phenoxy) is 1. The number of alkyl halides is 2. The van der Waals surface area contributed by atoms with Crippen LogP contribution in [0, 0.1) is 0 Å². The van der Waals surface area contributed by atoms with Gasteiger partial charge in [0.2, 0.25) is 5.88 Å². The van der Waals surface area contributed by atoms with Crippen LogP contribution >= 0.6 is 0 Å². The SMILES string of the molecule is CC(F)(F)COc1ccc2c(n1)CCN(CC=C1CCCCC1)CC2. The molecule has 3 nitrogen and oxygen atoms in total. The number of fused-ring (bicyclic) bond motifs is 1. The Morgan fingerprint density at radius 2 is 1.88 bits per heavy atom. The summed E-state index contributed by atoms with van der Waals surface area (Å²) in [6, 6.07) is 3.69. The monoisotopic (exact) mass is 350 g/mol. The number of allylic oxidation sites excluding steroid dienone is 1. The molecule has 0 bridgehead atoms. The van der Waals surface area contributed by atoms with Crippen molar-refractivity contribution in [1.82, 2.24) is 9.88 Å². The average molecular weight is 350 g/mol. The van der Waals surface area contributed by atoms with Crippen LogP contribution in [0.5, 0.6) is 5.88 Å². The molecule has 0 saturated heterocycles. The van der Waals surface area contributed by atoms with Crippen molar-refractivity contribution in [3.8, 4) is 5.88 Å². The highest BCUT2D eigenvalue weighted by Crippen LogP contribution is 2.23. The van der Waals surface area contributed by atoms with Crippen molar-refractivity contribution < 1.29 is 13.5 Å². The van der Waals surface area contributed by atoms with Crippen molar-refractivity contribution in [3.63, 3.8) is 0 Å². The Balaban J connectivity index is 1.56. The van der Waals surface area contributed by atoms with Gasteiger partial charge in [0.05, 0.1) is 0 Å². The number of nitrogens with zero attached hydrogens (tertiary/aromatic N) is 2. The molecule has 1 fully saturated rings. The summed E-state index contributed by atoms with van der Waals surface area (Å²) in [4.78, 5) is 6.93. The van der Waals surface area contributed by atoms with E-state index in [0.29, 0.717) is 5.88 Å². The van der Waals surface area contributed by atoms with E-state index in [1.54, 1.807) is 11.6 Å². The molecule has 1 aliphatic carbocycles. The normalized spacial score (nSPS) is 19.2. The Labute approximate surface area is 149 Å². The van der Waals surface area contributed by atoms with E-state index in [9.17, 15) is 8.78 Å². The van der Waals surface area contributed by atoms with Gasteiger partial charge in [-0.15, -0.1) is 0 Å². The number of rotatable bonds is 5. The van der Waals surface area contributed by atoms with Crippen molar-refractivity contribution in [3.05, 3.63) is 35.0 Å². The molecule has 0 N–H and O–H groups in total. The molecule has 0 radical (unpaired) electrons. The van der Waals surface area contributed by atoms with Gasteiger partial charge in [0.15, 0.2) is 6.61 Å². The highest BCUT2D eigenvalue weighted by atomic mass is 19.3. The topological polar surface area (TPSA) is 25.4 Å². The van der Waals surface area contributed by atoms with Gasteiger partial charge in [-0.1, -0.05) is 24.1 Å². The molecular weight excluding hydrogens is 322 g/mol. The van der Waals surface area contributed by atoms with E-state index in [0.717, 1.165) is 45.1 Å². The lowest BCUT2D eigenvalue weighted by Crippen LogP contribution is -2.26. The maximum atomic E-state index is 12.9. The summed E-state index contributed by atoms with van der Waals surface area (Å²) in [6.45, 7) is 3.21. The van der Waals surface area contributed by atoms with Crippen LogP contribution in [0.25, 0.3) is 0 Å². The molecule has 5 heteroatoms. The van der Waals surface area contributed by atoms with E-state index >= 15 is 0 Å². The molecule has 1 aromatic heterocycles. The second kappa shape index (κ2) is 8.26. The van der Waals surface area contributed by atoms with Crippen LogP contribution in [-0.2, 0) is 12.8 Å². The van der Waals surface area contributed by atoms with Crippen LogP contribution in [0.1, 0.15) is 50.3 Å². The van der Waals surface area contributed by atoms with Gasteiger partial charge in [-0.25, -0.2) is 13.8 Å². The lowest BCUT2D eigenvalue weighted by Gasteiger charge is -2.20. The summed E-state index contributed by atoms with van der Waals surface area (Å²) in [5.74, 6) is -2.53. The third-order valence-corrected chi connectivity index (χ3v) is 5.01. The summed E-state index contributed by atoms with van der Waals surface area (Å²) < 4.78 is 31.0. The molecule has 0 spiro atoms. The van der Waals surface area contributed by atoms with Gasteiger partial charge >= 0.3 is 0 Å². The maximum Gasteiger partial charge on any atom is 0.278 e. The van der Waals surface area contributed by atoms with Gasteiger partial charge in [-0.3, -0.25) is 4.90 Å². The fourth-order valence-electron chi connectivity index (χ4n) is 3.54. The fourth-order valence-corrected chi connectivity index (χ4v) is 3.54. The predicted octanol–water partition coefficient (Wildman–Crippen LogP) is 4.41. The van der Waals surface area contributed by atoms with E-state index in [1.807, 2.05) is 6.07 Å². The molecular formula is C20H28F2N2O. The number of hydrogen-bond acceptors (Lipinski definition) is 3. The van der Waals surface area contributed by atoms with Crippen molar-refractivity contribution >= 4 is 0 Å².